The van der Waals surface area contributed by atoms with E-state index >= 15 is 0 Å². The van der Waals surface area contributed by atoms with E-state index in [0.29, 0.717) is 5.89 Å². The molecule has 0 aliphatic rings. The summed E-state index contributed by atoms with van der Waals surface area (Å²) < 4.78 is 12.3. The third-order valence-corrected chi connectivity index (χ3v) is 5.19. The lowest BCUT2D eigenvalue weighted by molar-refractivity contribution is 0.419. The number of para-hydroxylation sites is 3. The van der Waals surface area contributed by atoms with Gasteiger partial charge in [0, 0.05) is 11.3 Å². The van der Waals surface area contributed by atoms with Gasteiger partial charge in [-0.15, -0.1) is 0 Å². The Balaban J connectivity index is 1.49. The van der Waals surface area contributed by atoms with Crippen LogP contribution < -0.4 is 10.1 Å². The second-order valence-electron chi connectivity index (χ2n) is 6.02. The van der Waals surface area contributed by atoms with Gasteiger partial charge in [0.05, 0.1) is 11.8 Å². The standard InChI is InChI=1S/C21H15N3O2S/c1-25-17-10-5-11-18-19(17)24-21(27-18)22-14-7-4-6-13(12-14)20-23-15-8-2-3-9-16(15)26-20/h2-12H,1H3,(H,22,24). The molecule has 6 heteroatoms. The molecule has 5 nitrogen and oxygen atoms in total. The molecule has 0 atom stereocenters. The Bertz CT molecular complexity index is 1230. The van der Waals surface area contributed by atoms with E-state index < -0.39 is 0 Å². The summed E-state index contributed by atoms with van der Waals surface area (Å²) in [6.45, 7) is 0. The maximum Gasteiger partial charge on any atom is 0.227 e. The molecular weight excluding hydrogens is 358 g/mol. The number of hydrogen-bond donors (Lipinski definition) is 1. The summed E-state index contributed by atoms with van der Waals surface area (Å²) in [5, 5.41) is 4.18. The Morgan fingerprint density at radius 2 is 1.85 bits per heavy atom. The number of nitrogens with zero attached hydrogens (tertiary/aromatic N) is 2. The number of anilines is 2. The number of aromatic nitrogens is 2. The third-order valence-electron chi connectivity index (χ3n) is 4.26. The van der Waals surface area contributed by atoms with Gasteiger partial charge in [-0.2, -0.15) is 0 Å². The topological polar surface area (TPSA) is 60.2 Å². The Morgan fingerprint density at radius 1 is 0.963 bits per heavy atom. The highest BCUT2D eigenvalue weighted by Gasteiger charge is 2.11. The molecule has 0 aliphatic carbocycles. The zero-order valence-corrected chi connectivity index (χ0v) is 15.3. The molecule has 27 heavy (non-hydrogen) atoms. The van der Waals surface area contributed by atoms with E-state index in [2.05, 4.69) is 15.3 Å². The smallest absolute Gasteiger partial charge is 0.227 e. The van der Waals surface area contributed by atoms with E-state index in [-0.39, 0.29) is 0 Å². The third kappa shape index (κ3) is 2.90. The minimum Gasteiger partial charge on any atom is -0.494 e. The highest BCUT2D eigenvalue weighted by atomic mass is 32.1. The molecule has 0 spiro atoms. The molecule has 0 amide bonds. The molecule has 0 bridgehead atoms. The highest BCUT2D eigenvalue weighted by Crippen LogP contribution is 2.34. The van der Waals surface area contributed by atoms with Crippen molar-refractivity contribution in [3.8, 4) is 17.2 Å². The molecule has 5 rings (SSSR count). The van der Waals surface area contributed by atoms with Gasteiger partial charge >= 0.3 is 0 Å². The van der Waals surface area contributed by atoms with Crippen molar-refractivity contribution in [2.75, 3.05) is 12.4 Å². The quantitative estimate of drug-likeness (QED) is 0.428. The second kappa shape index (κ2) is 6.41. The first kappa shape index (κ1) is 15.8. The van der Waals surface area contributed by atoms with Crippen LogP contribution in [0.5, 0.6) is 5.75 Å². The number of fused-ring (bicyclic) bond motifs is 2. The van der Waals surface area contributed by atoms with Crippen molar-refractivity contribution in [3.63, 3.8) is 0 Å². The zero-order chi connectivity index (χ0) is 18.2. The van der Waals surface area contributed by atoms with Crippen molar-refractivity contribution >= 4 is 43.5 Å². The van der Waals surface area contributed by atoms with Crippen molar-refractivity contribution in [3.05, 3.63) is 66.7 Å². The van der Waals surface area contributed by atoms with Crippen LogP contribution in [0.15, 0.2) is 71.1 Å². The lowest BCUT2D eigenvalue weighted by Crippen LogP contribution is -1.90. The van der Waals surface area contributed by atoms with Crippen LogP contribution >= 0.6 is 11.3 Å². The first-order valence-corrected chi connectivity index (χ1v) is 9.28. The number of oxazole rings is 1. The van der Waals surface area contributed by atoms with Crippen LogP contribution in [-0.4, -0.2) is 17.1 Å². The molecule has 2 heterocycles. The Hall–Kier alpha value is -3.38. The number of benzene rings is 3. The van der Waals surface area contributed by atoms with Gasteiger partial charge in [0.15, 0.2) is 10.7 Å². The lowest BCUT2D eigenvalue weighted by atomic mass is 10.2. The largest absolute Gasteiger partial charge is 0.494 e. The average molecular weight is 373 g/mol. The fraction of sp³-hybridized carbons (Fsp3) is 0.0476. The summed E-state index contributed by atoms with van der Waals surface area (Å²) in [7, 11) is 1.66. The lowest BCUT2D eigenvalue weighted by Gasteiger charge is -2.03. The Morgan fingerprint density at radius 3 is 2.74 bits per heavy atom. The van der Waals surface area contributed by atoms with Gasteiger partial charge in [-0.3, -0.25) is 0 Å². The van der Waals surface area contributed by atoms with Gasteiger partial charge in [-0.05, 0) is 42.5 Å². The number of ether oxygens (including phenoxy) is 1. The first-order chi connectivity index (χ1) is 13.3. The van der Waals surface area contributed by atoms with Crippen LogP contribution in [0.3, 0.4) is 0 Å². The maximum absolute atomic E-state index is 5.87. The summed E-state index contributed by atoms with van der Waals surface area (Å²) in [4.78, 5) is 9.22. The fourth-order valence-electron chi connectivity index (χ4n) is 2.99. The average Bonchev–Trinajstić information content (AvgIpc) is 3.31. The van der Waals surface area contributed by atoms with E-state index in [9.17, 15) is 0 Å². The predicted octanol–water partition coefficient (Wildman–Crippen LogP) is 5.86. The second-order valence-corrected chi connectivity index (χ2v) is 7.05. The summed E-state index contributed by atoms with van der Waals surface area (Å²) >= 11 is 1.59. The van der Waals surface area contributed by atoms with Crippen LogP contribution in [0.25, 0.3) is 32.8 Å². The number of methoxy groups -OCH3 is 1. The summed E-state index contributed by atoms with van der Waals surface area (Å²) in [5.74, 6) is 1.38. The van der Waals surface area contributed by atoms with Crippen molar-refractivity contribution in [2.45, 2.75) is 0 Å². The van der Waals surface area contributed by atoms with E-state index in [1.807, 2.05) is 66.7 Å². The minimum absolute atomic E-state index is 0.603. The zero-order valence-electron chi connectivity index (χ0n) is 14.5. The van der Waals surface area contributed by atoms with Gasteiger partial charge in [0.2, 0.25) is 5.89 Å². The number of hydrogen-bond acceptors (Lipinski definition) is 6. The monoisotopic (exact) mass is 373 g/mol. The normalized spacial score (nSPS) is 11.1. The molecule has 0 aliphatic heterocycles. The van der Waals surface area contributed by atoms with Crippen LogP contribution in [0.2, 0.25) is 0 Å². The van der Waals surface area contributed by atoms with Gasteiger partial charge in [-0.25, -0.2) is 9.97 Å². The van der Waals surface area contributed by atoms with Crippen molar-refractivity contribution in [1.82, 2.24) is 9.97 Å². The van der Waals surface area contributed by atoms with Gasteiger partial charge < -0.3 is 14.5 Å². The minimum atomic E-state index is 0.603. The molecule has 0 radical (unpaired) electrons. The predicted molar refractivity (Wildman–Crippen MR) is 109 cm³/mol. The van der Waals surface area contributed by atoms with Crippen LogP contribution in [0.1, 0.15) is 0 Å². The molecule has 0 saturated carbocycles. The van der Waals surface area contributed by atoms with Crippen molar-refractivity contribution < 1.29 is 9.15 Å². The SMILES string of the molecule is COc1cccc2sc(Nc3cccc(-c4nc5ccccc5o4)c3)nc12. The van der Waals surface area contributed by atoms with Gasteiger partial charge in [0.25, 0.3) is 0 Å². The molecule has 0 fully saturated rings. The summed E-state index contributed by atoms with van der Waals surface area (Å²) in [5.41, 5.74) is 4.33. The molecule has 5 aromatic rings. The molecule has 3 aromatic carbocycles. The molecule has 0 unspecified atom stereocenters. The number of nitrogens with one attached hydrogen (secondary N) is 1. The van der Waals surface area contributed by atoms with E-state index in [4.69, 9.17) is 9.15 Å². The molecular formula is C21H15N3O2S. The molecule has 1 N–H and O–H groups in total. The number of rotatable bonds is 4. The first-order valence-electron chi connectivity index (χ1n) is 8.47. The Labute approximate surface area is 159 Å². The van der Waals surface area contributed by atoms with Crippen LogP contribution in [0.4, 0.5) is 10.8 Å². The van der Waals surface area contributed by atoms with Gasteiger partial charge in [0.1, 0.15) is 16.8 Å². The molecule has 0 saturated heterocycles. The van der Waals surface area contributed by atoms with Crippen molar-refractivity contribution in [1.29, 1.82) is 0 Å². The van der Waals surface area contributed by atoms with Crippen LogP contribution in [-0.2, 0) is 0 Å². The van der Waals surface area contributed by atoms with Gasteiger partial charge in [-0.1, -0.05) is 35.6 Å². The highest BCUT2D eigenvalue weighted by molar-refractivity contribution is 7.22. The maximum atomic E-state index is 5.87. The van der Waals surface area contributed by atoms with E-state index in [0.717, 1.165) is 43.4 Å². The van der Waals surface area contributed by atoms with E-state index in [1.54, 1.807) is 18.4 Å². The van der Waals surface area contributed by atoms with Crippen LogP contribution in [0, 0.1) is 0 Å². The Kier molecular flexibility index (Phi) is 3.76. The number of thiazole rings is 1. The van der Waals surface area contributed by atoms with Crippen molar-refractivity contribution in [2.24, 2.45) is 0 Å². The molecule has 2 aromatic heterocycles. The summed E-state index contributed by atoms with van der Waals surface area (Å²) in [6, 6.07) is 21.6. The van der Waals surface area contributed by atoms with E-state index in [1.165, 1.54) is 0 Å². The fourth-order valence-corrected chi connectivity index (χ4v) is 3.89. The summed E-state index contributed by atoms with van der Waals surface area (Å²) in [6.07, 6.45) is 0. The molecule has 132 valence electrons.